The van der Waals surface area contributed by atoms with Gasteiger partial charge in [-0.2, -0.15) is 0 Å². The molecule has 1 aliphatic heterocycles. The van der Waals surface area contributed by atoms with Crippen LogP contribution >= 0.6 is 11.3 Å². The van der Waals surface area contributed by atoms with Crippen molar-refractivity contribution in [3.8, 4) is 0 Å². The third kappa shape index (κ3) is 5.36. The lowest BCUT2D eigenvalue weighted by Gasteiger charge is -2.21. The van der Waals surface area contributed by atoms with Crippen molar-refractivity contribution in [3.05, 3.63) is 118 Å². The van der Waals surface area contributed by atoms with Crippen molar-refractivity contribution in [1.82, 2.24) is 0 Å². The van der Waals surface area contributed by atoms with E-state index in [0.29, 0.717) is 17.7 Å². The maximum absolute atomic E-state index is 13.2. The van der Waals surface area contributed by atoms with Gasteiger partial charge in [0.15, 0.2) is 0 Å². The molecular weight excluding hydrogens is 452 g/mol. The van der Waals surface area contributed by atoms with Gasteiger partial charge in [-0.05, 0) is 66.1 Å². The second-order valence-electron chi connectivity index (χ2n) is 8.85. The van der Waals surface area contributed by atoms with Crippen molar-refractivity contribution in [2.45, 2.75) is 31.6 Å². The van der Waals surface area contributed by atoms with Crippen LogP contribution in [0.4, 0.5) is 11.4 Å². The highest BCUT2D eigenvalue weighted by Crippen LogP contribution is 2.32. The van der Waals surface area contributed by atoms with Gasteiger partial charge < -0.3 is 10.2 Å². The van der Waals surface area contributed by atoms with Crippen molar-refractivity contribution in [3.63, 3.8) is 0 Å². The van der Waals surface area contributed by atoms with Gasteiger partial charge in [-0.3, -0.25) is 9.59 Å². The number of thiophene rings is 1. The van der Waals surface area contributed by atoms with Gasteiger partial charge in [0.1, 0.15) is 0 Å². The Bertz CT molecular complexity index is 1240. The van der Waals surface area contributed by atoms with Gasteiger partial charge in [0.2, 0.25) is 5.91 Å². The van der Waals surface area contributed by atoms with Gasteiger partial charge >= 0.3 is 0 Å². The van der Waals surface area contributed by atoms with Gasteiger partial charge in [-0.1, -0.05) is 60.7 Å². The molecule has 5 heteroatoms. The van der Waals surface area contributed by atoms with Crippen molar-refractivity contribution in [2.75, 3.05) is 16.8 Å². The van der Waals surface area contributed by atoms with E-state index in [1.54, 1.807) is 23.5 Å². The molecule has 0 spiro atoms. The summed E-state index contributed by atoms with van der Waals surface area (Å²) in [5.74, 6) is -0.0732. The fraction of sp³-hybridized carbons (Fsp3) is 0.200. The van der Waals surface area contributed by atoms with Crippen molar-refractivity contribution in [1.29, 1.82) is 0 Å². The average Bonchev–Trinajstić information content (AvgIpc) is 3.27. The zero-order valence-electron chi connectivity index (χ0n) is 19.5. The second-order valence-corrected chi connectivity index (χ2v) is 9.85. The number of hydrogen-bond donors (Lipinski definition) is 1. The van der Waals surface area contributed by atoms with E-state index in [-0.39, 0.29) is 17.7 Å². The molecule has 0 saturated carbocycles. The maximum atomic E-state index is 13.2. The van der Waals surface area contributed by atoms with E-state index in [0.717, 1.165) is 42.6 Å². The van der Waals surface area contributed by atoms with Crippen LogP contribution in [0.3, 0.4) is 0 Å². The zero-order valence-corrected chi connectivity index (χ0v) is 20.3. The maximum Gasteiger partial charge on any atom is 0.258 e. The average molecular weight is 481 g/mol. The predicted molar refractivity (Wildman–Crippen MR) is 143 cm³/mol. The highest BCUT2D eigenvalue weighted by atomic mass is 32.1. The molecule has 0 atom stereocenters. The Labute approximate surface area is 210 Å². The van der Waals surface area contributed by atoms with Crippen LogP contribution in [0.5, 0.6) is 0 Å². The van der Waals surface area contributed by atoms with Crippen molar-refractivity contribution < 1.29 is 9.59 Å². The minimum Gasteiger partial charge on any atom is -0.326 e. The van der Waals surface area contributed by atoms with Crippen LogP contribution in [-0.4, -0.2) is 18.4 Å². The lowest BCUT2D eigenvalue weighted by Crippen LogP contribution is -2.31. The number of carbonyl (C=O) groups is 2. The molecular formula is C30H28N2O2S. The second kappa shape index (κ2) is 10.7. The van der Waals surface area contributed by atoms with Crippen LogP contribution in [0.2, 0.25) is 0 Å². The third-order valence-electron chi connectivity index (χ3n) is 6.50. The van der Waals surface area contributed by atoms with Gasteiger partial charge in [-0.15, -0.1) is 11.3 Å². The standard InChI is InChI=1S/C30H28N2O2S/c33-29(21-26(22-9-3-1-4-10-22)23-11-5-2-6-12-23)31-25-16-14-24(15-17-25)30(34)32-19-8-7-13-28-27(32)18-20-35-28/h1-6,9-12,14-18,20,26H,7-8,13,19,21H2,(H,31,33). The van der Waals surface area contributed by atoms with Crippen molar-refractivity contribution >= 4 is 34.5 Å². The number of carbonyl (C=O) groups excluding carboxylic acids is 2. The first-order chi connectivity index (χ1) is 17.2. The summed E-state index contributed by atoms with van der Waals surface area (Å²) in [5.41, 5.74) is 4.59. The number of nitrogens with one attached hydrogen (secondary N) is 1. The number of aryl methyl sites for hydroxylation is 1. The summed E-state index contributed by atoms with van der Waals surface area (Å²) in [6, 6.07) is 29.5. The van der Waals surface area contributed by atoms with Crippen LogP contribution in [0.1, 0.15) is 51.5 Å². The van der Waals surface area contributed by atoms with E-state index >= 15 is 0 Å². The third-order valence-corrected chi connectivity index (χ3v) is 7.47. The summed E-state index contributed by atoms with van der Waals surface area (Å²) in [6.07, 6.45) is 3.48. The summed E-state index contributed by atoms with van der Waals surface area (Å²) < 4.78 is 0. The lowest BCUT2D eigenvalue weighted by molar-refractivity contribution is -0.116. The first-order valence-electron chi connectivity index (χ1n) is 12.1. The monoisotopic (exact) mass is 480 g/mol. The zero-order chi connectivity index (χ0) is 24.0. The first kappa shape index (κ1) is 23.1. The van der Waals surface area contributed by atoms with E-state index in [9.17, 15) is 9.59 Å². The van der Waals surface area contributed by atoms with Crippen LogP contribution in [0, 0.1) is 0 Å². The summed E-state index contributed by atoms with van der Waals surface area (Å²) in [6.45, 7) is 0.738. The number of rotatable bonds is 6. The molecule has 0 aliphatic carbocycles. The van der Waals surface area contributed by atoms with E-state index < -0.39 is 0 Å². The summed E-state index contributed by atoms with van der Waals surface area (Å²) in [4.78, 5) is 29.4. The number of hydrogen-bond acceptors (Lipinski definition) is 3. The number of fused-ring (bicyclic) bond motifs is 1. The molecule has 176 valence electrons. The summed E-state index contributed by atoms with van der Waals surface area (Å²) >= 11 is 1.72. The molecule has 3 aromatic carbocycles. The molecule has 4 nitrogen and oxygen atoms in total. The van der Waals surface area contributed by atoms with Crippen LogP contribution < -0.4 is 10.2 Å². The minimum absolute atomic E-state index is 0.0117. The SMILES string of the molecule is O=C(CC(c1ccccc1)c1ccccc1)Nc1ccc(C(=O)N2CCCCc3sccc32)cc1. The topological polar surface area (TPSA) is 49.4 Å². The Morgan fingerprint density at radius 3 is 2.14 bits per heavy atom. The highest BCUT2D eigenvalue weighted by Gasteiger charge is 2.23. The summed E-state index contributed by atoms with van der Waals surface area (Å²) in [7, 11) is 0. The highest BCUT2D eigenvalue weighted by molar-refractivity contribution is 7.10. The molecule has 2 heterocycles. The minimum atomic E-state index is -0.0581. The molecule has 35 heavy (non-hydrogen) atoms. The molecule has 0 saturated heterocycles. The predicted octanol–water partition coefficient (Wildman–Crippen LogP) is 6.89. The van der Waals surface area contributed by atoms with Crippen LogP contribution in [-0.2, 0) is 11.2 Å². The molecule has 5 rings (SSSR count). The Kier molecular flexibility index (Phi) is 7.05. The van der Waals surface area contributed by atoms with Crippen molar-refractivity contribution in [2.24, 2.45) is 0 Å². The quantitative estimate of drug-likeness (QED) is 0.327. The molecule has 2 amide bonds. The van der Waals surface area contributed by atoms with Crippen LogP contribution in [0.15, 0.2) is 96.4 Å². The molecule has 0 bridgehead atoms. The fourth-order valence-corrected chi connectivity index (χ4v) is 5.62. The lowest BCUT2D eigenvalue weighted by atomic mass is 9.88. The largest absolute Gasteiger partial charge is 0.326 e. The Morgan fingerprint density at radius 2 is 1.49 bits per heavy atom. The molecule has 1 aliphatic rings. The molecule has 0 radical (unpaired) electrons. The molecule has 4 aromatic rings. The molecule has 1 aromatic heterocycles. The first-order valence-corrected chi connectivity index (χ1v) is 12.9. The smallest absolute Gasteiger partial charge is 0.258 e. The normalized spacial score (nSPS) is 13.2. The van der Waals surface area contributed by atoms with E-state index in [4.69, 9.17) is 0 Å². The van der Waals surface area contributed by atoms with Crippen LogP contribution in [0.25, 0.3) is 0 Å². The summed E-state index contributed by atoms with van der Waals surface area (Å²) in [5, 5.41) is 5.08. The molecule has 0 unspecified atom stereocenters. The number of amides is 2. The fourth-order valence-electron chi connectivity index (χ4n) is 4.70. The number of nitrogens with zero attached hydrogens (tertiary/aromatic N) is 1. The van der Waals surface area contributed by atoms with E-state index in [2.05, 4.69) is 35.0 Å². The number of anilines is 2. The number of benzene rings is 3. The van der Waals surface area contributed by atoms with E-state index in [1.165, 1.54) is 4.88 Å². The van der Waals surface area contributed by atoms with Gasteiger partial charge in [-0.25, -0.2) is 0 Å². The van der Waals surface area contributed by atoms with Gasteiger partial charge in [0, 0.05) is 35.0 Å². The molecule has 0 fully saturated rings. The van der Waals surface area contributed by atoms with Gasteiger partial charge in [0.25, 0.3) is 5.91 Å². The van der Waals surface area contributed by atoms with E-state index in [1.807, 2.05) is 59.5 Å². The van der Waals surface area contributed by atoms with Gasteiger partial charge in [0.05, 0.1) is 5.69 Å². The Hall–Kier alpha value is -3.70. The molecule has 1 N–H and O–H groups in total. The Balaban J connectivity index is 1.28. The Morgan fingerprint density at radius 1 is 0.829 bits per heavy atom.